The van der Waals surface area contributed by atoms with E-state index < -0.39 is 17.4 Å². The van der Waals surface area contributed by atoms with Crippen molar-refractivity contribution < 1.29 is 28.0 Å². The van der Waals surface area contributed by atoms with Crippen LogP contribution >= 0.6 is 0 Å². The summed E-state index contributed by atoms with van der Waals surface area (Å²) in [6, 6.07) is 10.2. The van der Waals surface area contributed by atoms with Crippen molar-refractivity contribution >= 4 is 17.3 Å². The molecule has 150 valence electrons. The minimum atomic E-state index is -2.89. The van der Waals surface area contributed by atoms with Gasteiger partial charge in [0.15, 0.2) is 0 Å². The number of nitrogens with one attached hydrogen (secondary N) is 1. The highest BCUT2D eigenvalue weighted by atomic mass is 19.3. The SMILES string of the molecule is COc1ccc(NC(=O)CN(C)Cc2ccc(OC(F)F)cc2)c([N+](=O)[O-])c1. The van der Waals surface area contributed by atoms with Gasteiger partial charge in [0.05, 0.1) is 24.6 Å². The molecule has 0 fully saturated rings. The van der Waals surface area contributed by atoms with Crippen molar-refractivity contribution in [3.63, 3.8) is 0 Å². The van der Waals surface area contributed by atoms with Gasteiger partial charge in [-0.1, -0.05) is 12.1 Å². The Balaban J connectivity index is 1.95. The standard InChI is InChI=1S/C18H19F2N3O5/c1-22(10-12-3-5-13(6-4-12)28-18(19)20)11-17(24)21-15-8-7-14(27-2)9-16(15)23(25)26/h3-9,18H,10-11H2,1-2H3,(H,21,24). The Morgan fingerprint density at radius 3 is 2.43 bits per heavy atom. The summed E-state index contributed by atoms with van der Waals surface area (Å²) in [4.78, 5) is 24.4. The predicted molar refractivity (Wildman–Crippen MR) is 97.7 cm³/mol. The van der Waals surface area contributed by atoms with Crippen LogP contribution in [0.25, 0.3) is 0 Å². The normalized spacial score (nSPS) is 10.8. The van der Waals surface area contributed by atoms with Gasteiger partial charge in [-0.2, -0.15) is 8.78 Å². The van der Waals surface area contributed by atoms with Crippen molar-refractivity contribution in [2.45, 2.75) is 13.2 Å². The fourth-order valence-corrected chi connectivity index (χ4v) is 2.47. The molecule has 2 aromatic rings. The van der Waals surface area contributed by atoms with E-state index in [1.807, 2.05) is 0 Å². The van der Waals surface area contributed by atoms with E-state index in [1.54, 1.807) is 24.1 Å². The first-order valence-electron chi connectivity index (χ1n) is 8.13. The number of methoxy groups -OCH3 is 1. The van der Waals surface area contributed by atoms with Gasteiger partial charge in [0.2, 0.25) is 5.91 Å². The van der Waals surface area contributed by atoms with Crippen molar-refractivity contribution in [2.75, 3.05) is 26.0 Å². The van der Waals surface area contributed by atoms with Crippen molar-refractivity contribution in [3.05, 3.63) is 58.1 Å². The molecule has 0 spiro atoms. The maximum atomic E-state index is 12.2. The first kappa shape index (κ1) is 21.0. The minimum Gasteiger partial charge on any atom is -0.496 e. The molecule has 0 unspecified atom stereocenters. The molecule has 0 heterocycles. The van der Waals surface area contributed by atoms with E-state index in [1.165, 1.54) is 37.4 Å². The monoisotopic (exact) mass is 395 g/mol. The number of carbonyl (C=O) groups excluding carboxylic acids is 1. The first-order valence-corrected chi connectivity index (χ1v) is 8.13. The van der Waals surface area contributed by atoms with Crippen LogP contribution in [-0.4, -0.2) is 43.0 Å². The highest BCUT2D eigenvalue weighted by molar-refractivity contribution is 5.94. The molecule has 28 heavy (non-hydrogen) atoms. The second-order valence-electron chi connectivity index (χ2n) is 5.88. The summed E-state index contributed by atoms with van der Waals surface area (Å²) in [5.74, 6) is -0.0829. The summed E-state index contributed by atoms with van der Waals surface area (Å²) in [5, 5.41) is 13.7. The Morgan fingerprint density at radius 1 is 1.21 bits per heavy atom. The third-order valence-corrected chi connectivity index (χ3v) is 3.69. The van der Waals surface area contributed by atoms with Crippen LogP contribution in [0.2, 0.25) is 0 Å². The summed E-state index contributed by atoms with van der Waals surface area (Å²) >= 11 is 0. The van der Waals surface area contributed by atoms with Crippen LogP contribution in [0.5, 0.6) is 11.5 Å². The molecule has 0 aliphatic rings. The van der Waals surface area contributed by atoms with Crippen LogP contribution in [0.15, 0.2) is 42.5 Å². The third kappa shape index (κ3) is 6.16. The molecule has 1 amide bonds. The Hall–Kier alpha value is -3.27. The van der Waals surface area contributed by atoms with E-state index >= 15 is 0 Å². The lowest BCUT2D eigenvalue weighted by atomic mass is 10.2. The Kier molecular flexibility index (Phi) is 7.21. The summed E-state index contributed by atoms with van der Waals surface area (Å²) in [7, 11) is 3.07. The summed E-state index contributed by atoms with van der Waals surface area (Å²) in [6.07, 6.45) is 0. The number of amides is 1. The van der Waals surface area contributed by atoms with E-state index in [-0.39, 0.29) is 23.7 Å². The molecule has 2 rings (SSSR count). The quantitative estimate of drug-likeness (QED) is 0.517. The lowest BCUT2D eigenvalue weighted by Crippen LogP contribution is -2.30. The largest absolute Gasteiger partial charge is 0.496 e. The fourth-order valence-electron chi connectivity index (χ4n) is 2.47. The second-order valence-corrected chi connectivity index (χ2v) is 5.88. The molecule has 0 saturated heterocycles. The van der Waals surface area contributed by atoms with Crippen LogP contribution in [0.4, 0.5) is 20.2 Å². The van der Waals surface area contributed by atoms with Gasteiger partial charge in [-0.15, -0.1) is 0 Å². The molecular formula is C18H19F2N3O5. The van der Waals surface area contributed by atoms with Crippen molar-refractivity contribution in [1.82, 2.24) is 4.90 Å². The lowest BCUT2D eigenvalue weighted by Gasteiger charge is -2.17. The van der Waals surface area contributed by atoms with E-state index in [0.29, 0.717) is 12.3 Å². The van der Waals surface area contributed by atoms with E-state index in [2.05, 4.69) is 10.1 Å². The number of rotatable bonds is 9. The highest BCUT2D eigenvalue weighted by Gasteiger charge is 2.18. The number of carbonyl (C=O) groups is 1. The zero-order valence-electron chi connectivity index (χ0n) is 15.2. The number of anilines is 1. The molecule has 8 nitrogen and oxygen atoms in total. The van der Waals surface area contributed by atoms with E-state index in [9.17, 15) is 23.7 Å². The number of nitro benzene ring substituents is 1. The number of hydrogen-bond donors (Lipinski definition) is 1. The Bertz CT molecular complexity index is 830. The molecule has 0 atom stereocenters. The van der Waals surface area contributed by atoms with Gasteiger partial charge in [-0.05, 0) is 36.9 Å². The van der Waals surface area contributed by atoms with E-state index in [4.69, 9.17) is 4.74 Å². The van der Waals surface area contributed by atoms with Crippen molar-refractivity contribution in [1.29, 1.82) is 0 Å². The summed E-state index contributed by atoms with van der Waals surface area (Å²) in [5.41, 5.74) is 0.579. The summed E-state index contributed by atoms with van der Waals surface area (Å²) < 4.78 is 33.5. The molecule has 2 aromatic carbocycles. The van der Waals surface area contributed by atoms with Gasteiger partial charge in [-0.3, -0.25) is 19.8 Å². The number of halogens is 2. The maximum absolute atomic E-state index is 12.2. The van der Waals surface area contributed by atoms with Gasteiger partial charge in [-0.25, -0.2) is 0 Å². The molecule has 0 bridgehead atoms. The number of benzene rings is 2. The van der Waals surface area contributed by atoms with Gasteiger partial charge in [0, 0.05) is 6.54 Å². The van der Waals surface area contributed by atoms with Crippen molar-refractivity contribution in [3.8, 4) is 11.5 Å². The number of nitro groups is 1. The maximum Gasteiger partial charge on any atom is 0.387 e. The zero-order chi connectivity index (χ0) is 20.7. The molecule has 10 heteroatoms. The van der Waals surface area contributed by atoms with Gasteiger partial charge >= 0.3 is 6.61 Å². The van der Waals surface area contributed by atoms with Crippen LogP contribution in [-0.2, 0) is 11.3 Å². The molecule has 1 N–H and O–H groups in total. The fraction of sp³-hybridized carbons (Fsp3) is 0.278. The first-order chi connectivity index (χ1) is 13.3. The highest BCUT2D eigenvalue weighted by Crippen LogP contribution is 2.28. The molecule has 0 radical (unpaired) electrons. The van der Waals surface area contributed by atoms with E-state index in [0.717, 1.165) is 5.56 Å². The predicted octanol–water partition coefficient (Wildman–Crippen LogP) is 3.28. The Labute approximate surface area is 159 Å². The molecule has 0 aliphatic heterocycles. The van der Waals surface area contributed by atoms with Crippen LogP contribution in [0.1, 0.15) is 5.56 Å². The van der Waals surface area contributed by atoms with Crippen LogP contribution < -0.4 is 14.8 Å². The van der Waals surface area contributed by atoms with Gasteiger partial charge in [0.25, 0.3) is 5.69 Å². The molecule has 0 aliphatic carbocycles. The molecule has 0 aromatic heterocycles. The number of hydrogen-bond acceptors (Lipinski definition) is 6. The topological polar surface area (TPSA) is 93.9 Å². The van der Waals surface area contributed by atoms with Crippen molar-refractivity contribution in [2.24, 2.45) is 0 Å². The average Bonchev–Trinajstić information content (AvgIpc) is 2.62. The molecule has 0 saturated carbocycles. The number of nitrogens with zero attached hydrogens (tertiary/aromatic N) is 2. The smallest absolute Gasteiger partial charge is 0.387 e. The number of alkyl halides is 2. The number of likely N-dealkylation sites (N-methyl/N-ethyl adjacent to an activating group) is 1. The summed E-state index contributed by atoms with van der Waals surface area (Å²) in [6.45, 7) is -2.55. The number of ether oxygens (including phenoxy) is 2. The van der Waals surface area contributed by atoms with Gasteiger partial charge < -0.3 is 14.8 Å². The Morgan fingerprint density at radius 2 is 1.86 bits per heavy atom. The lowest BCUT2D eigenvalue weighted by molar-refractivity contribution is -0.384. The molecular weight excluding hydrogens is 376 g/mol. The van der Waals surface area contributed by atoms with Gasteiger partial charge in [0.1, 0.15) is 17.2 Å². The van der Waals surface area contributed by atoms with Crippen LogP contribution in [0, 0.1) is 10.1 Å². The van der Waals surface area contributed by atoms with Crippen LogP contribution in [0.3, 0.4) is 0 Å². The zero-order valence-corrected chi connectivity index (χ0v) is 15.2. The average molecular weight is 395 g/mol. The minimum absolute atomic E-state index is 0.0293. The third-order valence-electron chi connectivity index (χ3n) is 3.69. The second kappa shape index (κ2) is 9.60.